The van der Waals surface area contributed by atoms with Gasteiger partial charge in [-0.3, -0.25) is 15.1 Å². The molecule has 0 aromatic carbocycles. The highest BCUT2D eigenvalue weighted by Gasteiger charge is 2.21. The van der Waals surface area contributed by atoms with E-state index in [9.17, 15) is 4.79 Å². The van der Waals surface area contributed by atoms with E-state index in [-0.39, 0.29) is 36.8 Å². The number of hydrogen-bond donors (Lipinski definition) is 2. The lowest BCUT2D eigenvalue weighted by molar-refractivity contribution is -0.122. The number of aryl methyl sites for hydroxylation is 1. The van der Waals surface area contributed by atoms with Gasteiger partial charge >= 0.3 is 0 Å². The fourth-order valence-electron chi connectivity index (χ4n) is 1.56. The predicted molar refractivity (Wildman–Crippen MR) is 79.6 cm³/mol. The van der Waals surface area contributed by atoms with Crippen molar-refractivity contribution in [2.24, 2.45) is 0 Å². The summed E-state index contributed by atoms with van der Waals surface area (Å²) in [5.41, 5.74) is 2.04. The zero-order valence-corrected chi connectivity index (χ0v) is 12.5. The van der Waals surface area contributed by atoms with Gasteiger partial charge in [-0.2, -0.15) is 0 Å². The van der Waals surface area contributed by atoms with Crippen LogP contribution in [0, 0.1) is 6.92 Å². The SMILES string of the molecule is Cc1cccnc1CNC(=O)C1CSCN1.Cl.Cl. The molecule has 1 aliphatic heterocycles. The topological polar surface area (TPSA) is 54.0 Å². The van der Waals surface area contributed by atoms with Crippen molar-refractivity contribution in [3.63, 3.8) is 0 Å². The molecule has 18 heavy (non-hydrogen) atoms. The van der Waals surface area contributed by atoms with E-state index in [1.54, 1.807) is 18.0 Å². The summed E-state index contributed by atoms with van der Waals surface area (Å²) in [5.74, 6) is 1.78. The van der Waals surface area contributed by atoms with Crippen molar-refractivity contribution in [2.75, 3.05) is 11.6 Å². The van der Waals surface area contributed by atoms with Crippen molar-refractivity contribution in [1.82, 2.24) is 15.6 Å². The second-order valence-electron chi connectivity index (χ2n) is 3.76. The van der Waals surface area contributed by atoms with Gasteiger partial charge < -0.3 is 5.32 Å². The third-order valence-corrected chi connectivity index (χ3v) is 3.52. The van der Waals surface area contributed by atoms with E-state index in [1.807, 2.05) is 19.1 Å². The lowest BCUT2D eigenvalue weighted by atomic mass is 10.2. The molecule has 102 valence electrons. The van der Waals surface area contributed by atoms with Gasteiger partial charge in [0.1, 0.15) is 0 Å². The average Bonchev–Trinajstić information content (AvgIpc) is 2.81. The highest BCUT2D eigenvalue weighted by Crippen LogP contribution is 2.09. The standard InChI is InChI=1S/C11H15N3OS.2ClH/c1-8-3-2-4-12-9(8)5-13-11(15)10-6-16-7-14-10;;/h2-4,10,14H,5-7H2,1H3,(H,13,15);2*1H. The van der Waals surface area contributed by atoms with Crippen LogP contribution in [-0.4, -0.2) is 28.6 Å². The Hall–Kier alpha value is -0.490. The van der Waals surface area contributed by atoms with Gasteiger partial charge in [0.25, 0.3) is 0 Å². The molecule has 1 aromatic heterocycles. The van der Waals surface area contributed by atoms with Crippen LogP contribution in [0.3, 0.4) is 0 Å². The second-order valence-corrected chi connectivity index (χ2v) is 4.79. The lowest BCUT2D eigenvalue weighted by Crippen LogP contribution is -2.41. The van der Waals surface area contributed by atoms with Crippen molar-refractivity contribution in [3.05, 3.63) is 29.6 Å². The molecule has 2 N–H and O–H groups in total. The maximum atomic E-state index is 11.7. The van der Waals surface area contributed by atoms with E-state index in [1.165, 1.54) is 0 Å². The number of hydrogen-bond acceptors (Lipinski definition) is 4. The van der Waals surface area contributed by atoms with E-state index in [0.717, 1.165) is 22.9 Å². The first-order valence-corrected chi connectivity index (χ1v) is 6.42. The lowest BCUT2D eigenvalue weighted by Gasteiger charge is -2.10. The molecule has 1 fully saturated rings. The minimum atomic E-state index is -0.0472. The number of carbonyl (C=O) groups excluding carboxylic acids is 1. The molecule has 0 bridgehead atoms. The Balaban J connectivity index is 0.00000144. The van der Waals surface area contributed by atoms with Crippen LogP contribution in [-0.2, 0) is 11.3 Å². The minimum absolute atomic E-state index is 0. The molecular formula is C11H17Cl2N3OS. The Morgan fingerprint density at radius 2 is 2.39 bits per heavy atom. The Morgan fingerprint density at radius 1 is 1.61 bits per heavy atom. The first-order chi connectivity index (χ1) is 7.77. The van der Waals surface area contributed by atoms with E-state index < -0.39 is 0 Å². The molecule has 0 aliphatic carbocycles. The van der Waals surface area contributed by atoms with Crippen LogP contribution in [0.25, 0.3) is 0 Å². The third-order valence-electron chi connectivity index (χ3n) is 2.58. The zero-order valence-electron chi connectivity index (χ0n) is 10.0. The molecule has 1 unspecified atom stereocenters. The van der Waals surface area contributed by atoms with Gasteiger partial charge in [0.05, 0.1) is 18.3 Å². The van der Waals surface area contributed by atoms with Crippen molar-refractivity contribution in [3.8, 4) is 0 Å². The number of rotatable bonds is 3. The Labute approximate surface area is 124 Å². The monoisotopic (exact) mass is 309 g/mol. The molecule has 2 rings (SSSR count). The highest BCUT2D eigenvalue weighted by molar-refractivity contribution is 7.99. The number of carbonyl (C=O) groups is 1. The molecule has 0 spiro atoms. The van der Waals surface area contributed by atoms with Gasteiger partial charge in [-0.25, -0.2) is 0 Å². The van der Waals surface area contributed by atoms with E-state index in [0.29, 0.717) is 6.54 Å². The van der Waals surface area contributed by atoms with E-state index >= 15 is 0 Å². The summed E-state index contributed by atoms with van der Waals surface area (Å²) in [7, 11) is 0. The maximum Gasteiger partial charge on any atom is 0.238 e. The van der Waals surface area contributed by atoms with Crippen molar-refractivity contribution < 1.29 is 4.79 Å². The van der Waals surface area contributed by atoms with Crippen LogP contribution < -0.4 is 10.6 Å². The number of nitrogens with one attached hydrogen (secondary N) is 2. The van der Waals surface area contributed by atoms with Crippen LogP contribution in [0.4, 0.5) is 0 Å². The van der Waals surface area contributed by atoms with Crippen LogP contribution in [0.15, 0.2) is 18.3 Å². The van der Waals surface area contributed by atoms with Gasteiger partial charge in [-0.1, -0.05) is 6.07 Å². The third kappa shape index (κ3) is 4.65. The molecule has 1 aliphatic rings. The number of nitrogens with zero attached hydrogens (tertiary/aromatic N) is 1. The Kier molecular flexibility index (Phi) is 8.35. The molecule has 1 saturated heterocycles. The van der Waals surface area contributed by atoms with Crippen LogP contribution >= 0.6 is 36.6 Å². The molecule has 7 heteroatoms. The molecule has 1 amide bonds. The highest BCUT2D eigenvalue weighted by atomic mass is 35.5. The second kappa shape index (κ2) is 8.58. The molecule has 0 saturated carbocycles. The zero-order chi connectivity index (χ0) is 11.4. The number of thioether (sulfide) groups is 1. The molecule has 1 atom stereocenters. The first kappa shape index (κ1) is 17.5. The maximum absolute atomic E-state index is 11.7. The van der Waals surface area contributed by atoms with Crippen LogP contribution in [0.1, 0.15) is 11.3 Å². The van der Waals surface area contributed by atoms with Gasteiger partial charge in [0.15, 0.2) is 0 Å². The Bertz CT molecular complexity index is 386. The summed E-state index contributed by atoms with van der Waals surface area (Å²) >= 11 is 1.75. The fraction of sp³-hybridized carbons (Fsp3) is 0.455. The summed E-state index contributed by atoms with van der Waals surface area (Å²) in [4.78, 5) is 16.0. The fourth-order valence-corrected chi connectivity index (χ4v) is 2.50. The number of amides is 1. The van der Waals surface area contributed by atoms with Gasteiger partial charge in [0.2, 0.25) is 5.91 Å². The van der Waals surface area contributed by atoms with Crippen molar-refractivity contribution in [1.29, 1.82) is 0 Å². The summed E-state index contributed by atoms with van der Waals surface area (Å²) < 4.78 is 0. The average molecular weight is 310 g/mol. The van der Waals surface area contributed by atoms with Crippen molar-refractivity contribution in [2.45, 2.75) is 19.5 Å². The van der Waals surface area contributed by atoms with Crippen LogP contribution in [0.5, 0.6) is 0 Å². The smallest absolute Gasteiger partial charge is 0.238 e. The predicted octanol–water partition coefficient (Wildman–Crippen LogP) is 1.51. The summed E-state index contributed by atoms with van der Waals surface area (Å²) in [5, 5.41) is 6.04. The summed E-state index contributed by atoms with van der Waals surface area (Å²) in [6, 6.07) is 3.85. The quantitative estimate of drug-likeness (QED) is 0.889. The summed E-state index contributed by atoms with van der Waals surface area (Å²) in [6.45, 7) is 2.51. The van der Waals surface area contributed by atoms with Gasteiger partial charge in [-0.05, 0) is 18.6 Å². The molecular weight excluding hydrogens is 293 g/mol. The van der Waals surface area contributed by atoms with E-state index in [2.05, 4.69) is 15.6 Å². The van der Waals surface area contributed by atoms with Gasteiger partial charge in [0, 0.05) is 17.8 Å². The van der Waals surface area contributed by atoms with Gasteiger partial charge in [-0.15, -0.1) is 36.6 Å². The molecule has 2 heterocycles. The van der Waals surface area contributed by atoms with E-state index in [4.69, 9.17) is 0 Å². The largest absolute Gasteiger partial charge is 0.349 e. The van der Waals surface area contributed by atoms with Crippen molar-refractivity contribution >= 4 is 42.5 Å². The number of pyridine rings is 1. The summed E-state index contributed by atoms with van der Waals surface area (Å²) in [6.07, 6.45) is 1.75. The molecule has 1 aromatic rings. The molecule has 0 radical (unpaired) electrons. The Morgan fingerprint density at radius 3 is 3.00 bits per heavy atom. The normalized spacial score (nSPS) is 17.5. The number of aromatic nitrogens is 1. The van der Waals surface area contributed by atoms with Crippen LogP contribution in [0.2, 0.25) is 0 Å². The molecule has 4 nitrogen and oxygen atoms in total. The first-order valence-electron chi connectivity index (χ1n) is 5.26. The number of halogens is 2. The minimum Gasteiger partial charge on any atom is -0.349 e.